The highest BCUT2D eigenvalue weighted by atomic mass is 32.2. The summed E-state index contributed by atoms with van der Waals surface area (Å²) in [6, 6.07) is 5.82. The topological polar surface area (TPSA) is 64.8 Å². The molecule has 0 bridgehead atoms. The Hall–Kier alpha value is -1.40. The Bertz CT molecular complexity index is 468. The molecule has 0 saturated heterocycles. The van der Waals surface area contributed by atoms with E-state index in [1.54, 1.807) is 37.9 Å². The summed E-state index contributed by atoms with van der Waals surface area (Å²) in [5, 5.41) is 0. The third kappa shape index (κ3) is 5.13. The van der Waals surface area contributed by atoms with Gasteiger partial charge < -0.3 is 20.1 Å². The van der Waals surface area contributed by atoms with Crippen molar-refractivity contribution in [2.75, 3.05) is 33.6 Å². The van der Waals surface area contributed by atoms with Gasteiger partial charge >= 0.3 is 0 Å². The molecule has 1 atom stereocenters. The molecule has 0 heterocycles. The highest BCUT2D eigenvalue weighted by Crippen LogP contribution is 2.32. The molecule has 0 aliphatic carbocycles. The van der Waals surface area contributed by atoms with Gasteiger partial charge in [0.25, 0.3) is 0 Å². The molecular weight excluding hydrogens is 288 g/mol. The zero-order valence-corrected chi connectivity index (χ0v) is 13.9. The SMILES string of the molecule is COc1ccc(SCCC(=O)N(C)C(C)CN)cc1OC. The van der Waals surface area contributed by atoms with E-state index in [1.807, 2.05) is 25.1 Å². The molecule has 118 valence electrons. The molecule has 1 unspecified atom stereocenters. The van der Waals surface area contributed by atoms with Crippen LogP contribution in [0.5, 0.6) is 11.5 Å². The number of rotatable bonds is 8. The van der Waals surface area contributed by atoms with Crippen LogP contribution in [0, 0.1) is 0 Å². The second-order valence-corrected chi connectivity index (χ2v) is 5.87. The van der Waals surface area contributed by atoms with Gasteiger partial charge in [0.2, 0.25) is 5.91 Å². The molecule has 0 radical (unpaired) electrons. The van der Waals surface area contributed by atoms with Crippen LogP contribution in [0.4, 0.5) is 0 Å². The number of carbonyl (C=O) groups is 1. The third-order valence-corrected chi connectivity index (χ3v) is 4.33. The summed E-state index contributed by atoms with van der Waals surface area (Å²) in [7, 11) is 5.01. The molecule has 0 saturated carbocycles. The number of carbonyl (C=O) groups excluding carboxylic acids is 1. The fourth-order valence-corrected chi connectivity index (χ4v) is 2.61. The number of nitrogens with two attached hydrogens (primary N) is 1. The number of thioether (sulfide) groups is 1. The van der Waals surface area contributed by atoms with Gasteiger partial charge in [-0.3, -0.25) is 4.79 Å². The number of likely N-dealkylation sites (N-methyl/N-ethyl adjacent to an activating group) is 1. The average molecular weight is 312 g/mol. The van der Waals surface area contributed by atoms with E-state index < -0.39 is 0 Å². The molecule has 1 aromatic carbocycles. The fourth-order valence-electron chi connectivity index (χ4n) is 1.74. The summed E-state index contributed by atoms with van der Waals surface area (Å²) in [4.78, 5) is 14.7. The third-order valence-electron chi connectivity index (χ3n) is 3.34. The van der Waals surface area contributed by atoms with Crippen LogP contribution in [0.1, 0.15) is 13.3 Å². The molecule has 0 aromatic heterocycles. The summed E-state index contributed by atoms with van der Waals surface area (Å²) in [5.41, 5.74) is 5.56. The maximum atomic E-state index is 12.0. The van der Waals surface area contributed by atoms with Crippen LogP contribution < -0.4 is 15.2 Å². The van der Waals surface area contributed by atoms with E-state index in [9.17, 15) is 4.79 Å². The Labute approximate surface area is 130 Å². The molecule has 6 heteroatoms. The predicted molar refractivity (Wildman–Crippen MR) is 86.2 cm³/mol. The maximum Gasteiger partial charge on any atom is 0.223 e. The summed E-state index contributed by atoms with van der Waals surface area (Å²) in [6.45, 7) is 2.42. The van der Waals surface area contributed by atoms with Gasteiger partial charge in [-0.25, -0.2) is 0 Å². The zero-order chi connectivity index (χ0) is 15.8. The van der Waals surface area contributed by atoms with E-state index in [1.165, 1.54) is 0 Å². The molecule has 21 heavy (non-hydrogen) atoms. The smallest absolute Gasteiger partial charge is 0.223 e. The summed E-state index contributed by atoms with van der Waals surface area (Å²) in [6.07, 6.45) is 0.486. The lowest BCUT2D eigenvalue weighted by atomic mass is 10.3. The minimum atomic E-state index is 0.0728. The summed E-state index contributed by atoms with van der Waals surface area (Å²) >= 11 is 1.62. The van der Waals surface area contributed by atoms with E-state index >= 15 is 0 Å². The summed E-state index contributed by atoms with van der Waals surface area (Å²) < 4.78 is 10.5. The van der Waals surface area contributed by atoms with Crippen LogP contribution in [0.3, 0.4) is 0 Å². The van der Waals surface area contributed by atoms with Gasteiger partial charge in [-0.15, -0.1) is 11.8 Å². The number of amides is 1. The molecule has 1 aromatic rings. The van der Waals surface area contributed by atoms with Crippen molar-refractivity contribution < 1.29 is 14.3 Å². The van der Waals surface area contributed by atoms with E-state index in [2.05, 4.69) is 0 Å². The second-order valence-electron chi connectivity index (χ2n) is 4.70. The van der Waals surface area contributed by atoms with Crippen molar-refractivity contribution >= 4 is 17.7 Å². The van der Waals surface area contributed by atoms with E-state index in [-0.39, 0.29) is 11.9 Å². The minimum absolute atomic E-state index is 0.0728. The van der Waals surface area contributed by atoms with Crippen LogP contribution >= 0.6 is 11.8 Å². The largest absolute Gasteiger partial charge is 0.493 e. The van der Waals surface area contributed by atoms with Gasteiger partial charge in [-0.05, 0) is 25.1 Å². The first kappa shape index (κ1) is 17.7. The first-order valence-electron chi connectivity index (χ1n) is 6.84. The predicted octanol–water partition coefficient (Wildman–Crippen LogP) is 1.99. The number of benzene rings is 1. The first-order chi connectivity index (χ1) is 10.0. The molecule has 1 rings (SSSR count). The van der Waals surface area contributed by atoms with Crippen LogP contribution in [0.2, 0.25) is 0 Å². The Morgan fingerprint density at radius 1 is 1.33 bits per heavy atom. The van der Waals surface area contributed by atoms with Gasteiger partial charge in [-0.1, -0.05) is 0 Å². The number of methoxy groups -OCH3 is 2. The Kier molecular flexibility index (Phi) is 7.39. The zero-order valence-electron chi connectivity index (χ0n) is 13.1. The Balaban J connectivity index is 2.51. The molecule has 1 amide bonds. The van der Waals surface area contributed by atoms with Crippen LogP contribution in [-0.2, 0) is 4.79 Å². The standard InChI is InChI=1S/C15H24N2O3S/c1-11(10-16)17(2)15(18)7-8-21-12-5-6-13(19-3)14(9-12)20-4/h5-6,9,11H,7-8,10,16H2,1-4H3. The van der Waals surface area contributed by atoms with Gasteiger partial charge in [0, 0.05) is 36.7 Å². The van der Waals surface area contributed by atoms with Gasteiger partial charge in [-0.2, -0.15) is 0 Å². The van der Waals surface area contributed by atoms with Crippen molar-refractivity contribution in [2.24, 2.45) is 5.73 Å². The number of ether oxygens (including phenoxy) is 2. The molecule has 2 N–H and O–H groups in total. The molecular formula is C15H24N2O3S. The van der Waals surface area contributed by atoms with Crippen molar-refractivity contribution in [2.45, 2.75) is 24.3 Å². The van der Waals surface area contributed by atoms with Gasteiger partial charge in [0.05, 0.1) is 14.2 Å². The summed E-state index contributed by atoms with van der Waals surface area (Å²) in [5.74, 6) is 2.23. The normalized spacial score (nSPS) is 11.9. The molecule has 0 spiro atoms. The number of hydrogen-bond donors (Lipinski definition) is 1. The molecule has 0 fully saturated rings. The Morgan fingerprint density at radius 3 is 2.57 bits per heavy atom. The second kappa shape index (κ2) is 8.79. The number of nitrogens with zero attached hydrogens (tertiary/aromatic N) is 1. The quantitative estimate of drug-likeness (QED) is 0.744. The molecule has 0 aliphatic rings. The van der Waals surface area contributed by atoms with Crippen LogP contribution in [-0.4, -0.2) is 50.4 Å². The van der Waals surface area contributed by atoms with Gasteiger partial charge in [0.1, 0.15) is 0 Å². The lowest BCUT2D eigenvalue weighted by Crippen LogP contribution is -2.39. The first-order valence-corrected chi connectivity index (χ1v) is 7.82. The van der Waals surface area contributed by atoms with Crippen molar-refractivity contribution in [1.29, 1.82) is 0 Å². The highest BCUT2D eigenvalue weighted by Gasteiger charge is 2.14. The lowest BCUT2D eigenvalue weighted by molar-refractivity contribution is -0.131. The molecule has 5 nitrogen and oxygen atoms in total. The fraction of sp³-hybridized carbons (Fsp3) is 0.533. The monoisotopic (exact) mass is 312 g/mol. The maximum absolute atomic E-state index is 12.0. The van der Waals surface area contributed by atoms with E-state index in [0.29, 0.717) is 24.5 Å². The average Bonchev–Trinajstić information content (AvgIpc) is 2.52. The van der Waals surface area contributed by atoms with Crippen molar-refractivity contribution in [3.63, 3.8) is 0 Å². The lowest BCUT2D eigenvalue weighted by Gasteiger charge is -2.23. The van der Waals surface area contributed by atoms with E-state index in [0.717, 1.165) is 10.6 Å². The van der Waals surface area contributed by atoms with Crippen molar-refractivity contribution in [3.8, 4) is 11.5 Å². The van der Waals surface area contributed by atoms with Crippen LogP contribution in [0.25, 0.3) is 0 Å². The Morgan fingerprint density at radius 2 is 2.00 bits per heavy atom. The van der Waals surface area contributed by atoms with Gasteiger partial charge in [0.15, 0.2) is 11.5 Å². The number of hydrogen-bond acceptors (Lipinski definition) is 5. The van der Waals surface area contributed by atoms with Crippen molar-refractivity contribution in [1.82, 2.24) is 4.90 Å². The van der Waals surface area contributed by atoms with Crippen LogP contribution in [0.15, 0.2) is 23.1 Å². The highest BCUT2D eigenvalue weighted by molar-refractivity contribution is 7.99. The van der Waals surface area contributed by atoms with E-state index in [4.69, 9.17) is 15.2 Å². The molecule has 0 aliphatic heterocycles. The van der Waals surface area contributed by atoms with Crippen molar-refractivity contribution in [3.05, 3.63) is 18.2 Å². The minimum Gasteiger partial charge on any atom is -0.493 e.